The van der Waals surface area contributed by atoms with Crippen LogP contribution in [0.25, 0.3) is 0 Å². The number of rotatable bonds is 3. The first-order chi connectivity index (χ1) is 9.02. The SMILES string of the molecule is Cc1nn(C(C)C)c(N(C)C2CCCCCC2)c1N. The van der Waals surface area contributed by atoms with Crippen LogP contribution in [0.4, 0.5) is 11.5 Å². The van der Waals surface area contributed by atoms with Crippen molar-refractivity contribution in [1.82, 2.24) is 9.78 Å². The largest absolute Gasteiger partial charge is 0.394 e. The molecule has 0 atom stereocenters. The van der Waals surface area contributed by atoms with Gasteiger partial charge in [0.05, 0.1) is 11.4 Å². The molecule has 1 saturated carbocycles. The van der Waals surface area contributed by atoms with E-state index in [-0.39, 0.29) is 0 Å². The van der Waals surface area contributed by atoms with Crippen LogP contribution in [0.2, 0.25) is 0 Å². The van der Waals surface area contributed by atoms with Crippen molar-refractivity contribution in [2.24, 2.45) is 0 Å². The molecule has 1 aliphatic rings. The number of aromatic nitrogens is 2. The summed E-state index contributed by atoms with van der Waals surface area (Å²) in [6.45, 7) is 6.32. The predicted octanol–water partition coefficient (Wildman–Crippen LogP) is 3.51. The van der Waals surface area contributed by atoms with Crippen LogP contribution in [0, 0.1) is 6.92 Å². The van der Waals surface area contributed by atoms with E-state index >= 15 is 0 Å². The van der Waals surface area contributed by atoms with Gasteiger partial charge in [0.15, 0.2) is 5.82 Å². The molecule has 1 heterocycles. The number of hydrogen-bond donors (Lipinski definition) is 1. The molecule has 0 aromatic carbocycles. The molecule has 1 aromatic rings. The van der Waals surface area contributed by atoms with Crippen molar-refractivity contribution in [1.29, 1.82) is 0 Å². The Bertz CT molecular complexity index is 414. The fourth-order valence-corrected chi connectivity index (χ4v) is 3.08. The number of nitrogens with two attached hydrogens (primary N) is 1. The first-order valence-corrected chi connectivity index (χ1v) is 7.59. The standard InChI is InChI=1S/C15H28N4/c1-11(2)19-15(14(16)12(3)17-19)18(4)13-9-7-5-6-8-10-13/h11,13H,5-10,16H2,1-4H3. The van der Waals surface area contributed by atoms with E-state index in [4.69, 9.17) is 5.73 Å². The van der Waals surface area contributed by atoms with Gasteiger partial charge < -0.3 is 10.6 Å². The van der Waals surface area contributed by atoms with E-state index in [9.17, 15) is 0 Å². The van der Waals surface area contributed by atoms with Crippen LogP contribution in [0.5, 0.6) is 0 Å². The van der Waals surface area contributed by atoms with Crippen LogP contribution < -0.4 is 10.6 Å². The van der Waals surface area contributed by atoms with Crippen molar-refractivity contribution < 1.29 is 0 Å². The maximum Gasteiger partial charge on any atom is 0.150 e. The first-order valence-electron chi connectivity index (χ1n) is 7.59. The Morgan fingerprint density at radius 1 is 1.21 bits per heavy atom. The van der Waals surface area contributed by atoms with Crippen molar-refractivity contribution in [2.45, 2.75) is 71.4 Å². The Balaban J connectivity index is 2.28. The summed E-state index contributed by atoms with van der Waals surface area (Å²) < 4.78 is 2.08. The molecule has 0 aliphatic heterocycles. The molecule has 0 unspecified atom stereocenters. The molecule has 0 bridgehead atoms. The molecule has 1 fully saturated rings. The third-order valence-corrected chi connectivity index (χ3v) is 4.30. The molecule has 0 radical (unpaired) electrons. The van der Waals surface area contributed by atoms with Crippen LogP contribution in [-0.4, -0.2) is 22.9 Å². The minimum Gasteiger partial charge on any atom is -0.394 e. The molecule has 4 heteroatoms. The van der Waals surface area contributed by atoms with E-state index < -0.39 is 0 Å². The van der Waals surface area contributed by atoms with Gasteiger partial charge in [-0.15, -0.1) is 0 Å². The predicted molar refractivity (Wildman–Crippen MR) is 81.7 cm³/mol. The van der Waals surface area contributed by atoms with Gasteiger partial charge in [-0.25, -0.2) is 4.68 Å². The summed E-state index contributed by atoms with van der Waals surface area (Å²) in [4.78, 5) is 2.38. The van der Waals surface area contributed by atoms with Crippen LogP contribution in [0.1, 0.15) is 64.1 Å². The highest BCUT2D eigenvalue weighted by molar-refractivity contribution is 5.66. The zero-order valence-corrected chi connectivity index (χ0v) is 12.8. The van der Waals surface area contributed by atoms with Crippen LogP contribution in [-0.2, 0) is 0 Å². The second kappa shape index (κ2) is 5.85. The van der Waals surface area contributed by atoms with Crippen molar-refractivity contribution in [2.75, 3.05) is 17.7 Å². The van der Waals surface area contributed by atoms with Crippen molar-refractivity contribution in [3.63, 3.8) is 0 Å². The average molecular weight is 264 g/mol. The lowest BCUT2D eigenvalue weighted by atomic mass is 10.1. The zero-order valence-electron chi connectivity index (χ0n) is 12.8. The molecule has 19 heavy (non-hydrogen) atoms. The highest BCUT2D eigenvalue weighted by Gasteiger charge is 2.24. The molecule has 1 aliphatic carbocycles. The Labute approximate surface area is 117 Å². The Morgan fingerprint density at radius 2 is 1.79 bits per heavy atom. The van der Waals surface area contributed by atoms with E-state index in [1.54, 1.807) is 0 Å². The molecule has 0 amide bonds. The first kappa shape index (κ1) is 14.2. The Morgan fingerprint density at radius 3 is 2.32 bits per heavy atom. The van der Waals surface area contributed by atoms with Gasteiger partial charge >= 0.3 is 0 Å². The number of aryl methyl sites for hydroxylation is 1. The fraction of sp³-hybridized carbons (Fsp3) is 0.800. The molecule has 2 N–H and O–H groups in total. The summed E-state index contributed by atoms with van der Waals surface area (Å²) in [5.74, 6) is 1.11. The smallest absolute Gasteiger partial charge is 0.150 e. The summed E-state index contributed by atoms with van der Waals surface area (Å²) in [5.41, 5.74) is 8.06. The highest BCUT2D eigenvalue weighted by Crippen LogP contribution is 2.32. The lowest BCUT2D eigenvalue weighted by molar-refractivity contribution is 0.494. The van der Waals surface area contributed by atoms with E-state index in [0.717, 1.165) is 17.2 Å². The molecule has 2 rings (SSSR count). The van der Waals surface area contributed by atoms with Crippen molar-refractivity contribution in [3.8, 4) is 0 Å². The lowest BCUT2D eigenvalue weighted by Gasteiger charge is -2.30. The number of nitrogens with zero attached hydrogens (tertiary/aromatic N) is 3. The second-order valence-corrected chi connectivity index (χ2v) is 6.12. The van der Waals surface area contributed by atoms with Crippen LogP contribution >= 0.6 is 0 Å². The van der Waals surface area contributed by atoms with Gasteiger partial charge in [-0.3, -0.25) is 0 Å². The molecular weight excluding hydrogens is 236 g/mol. The summed E-state index contributed by atoms with van der Waals surface area (Å²) in [6, 6.07) is 0.956. The average Bonchev–Trinajstić information content (AvgIpc) is 2.60. The fourth-order valence-electron chi connectivity index (χ4n) is 3.08. The van der Waals surface area contributed by atoms with Gasteiger partial charge in [-0.1, -0.05) is 25.7 Å². The monoisotopic (exact) mass is 264 g/mol. The Kier molecular flexibility index (Phi) is 4.38. The van der Waals surface area contributed by atoms with E-state index in [1.807, 2.05) is 6.92 Å². The second-order valence-electron chi connectivity index (χ2n) is 6.12. The van der Waals surface area contributed by atoms with Crippen LogP contribution in [0.3, 0.4) is 0 Å². The van der Waals surface area contributed by atoms with E-state index in [0.29, 0.717) is 12.1 Å². The highest BCUT2D eigenvalue weighted by atomic mass is 15.4. The molecule has 108 valence electrons. The number of hydrogen-bond acceptors (Lipinski definition) is 3. The maximum atomic E-state index is 6.26. The minimum absolute atomic E-state index is 0.347. The van der Waals surface area contributed by atoms with Gasteiger partial charge in [0.2, 0.25) is 0 Å². The van der Waals surface area contributed by atoms with Crippen molar-refractivity contribution in [3.05, 3.63) is 5.69 Å². The normalized spacial score (nSPS) is 17.7. The maximum absolute atomic E-state index is 6.26. The third-order valence-electron chi connectivity index (χ3n) is 4.30. The Hall–Kier alpha value is -1.19. The van der Waals surface area contributed by atoms with Gasteiger partial charge in [-0.05, 0) is 33.6 Å². The summed E-state index contributed by atoms with van der Waals surface area (Å²) in [7, 11) is 2.18. The zero-order chi connectivity index (χ0) is 14.0. The molecule has 0 spiro atoms. The number of nitrogen functional groups attached to an aromatic ring is 1. The minimum atomic E-state index is 0.347. The molecule has 1 aromatic heterocycles. The van der Waals surface area contributed by atoms with Crippen LogP contribution in [0.15, 0.2) is 0 Å². The van der Waals surface area contributed by atoms with Gasteiger partial charge in [0.1, 0.15) is 0 Å². The third kappa shape index (κ3) is 2.88. The van der Waals surface area contributed by atoms with Gasteiger partial charge in [0.25, 0.3) is 0 Å². The molecule has 4 nitrogen and oxygen atoms in total. The number of anilines is 2. The quantitative estimate of drug-likeness (QED) is 0.850. The lowest BCUT2D eigenvalue weighted by Crippen LogP contribution is -2.33. The van der Waals surface area contributed by atoms with Crippen molar-refractivity contribution >= 4 is 11.5 Å². The molecule has 0 saturated heterocycles. The topological polar surface area (TPSA) is 47.1 Å². The van der Waals surface area contributed by atoms with Gasteiger partial charge in [-0.2, -0.15) is 5.10 Å². The summed E-state index contributed by atoms with van der Waals surface area (Å²) in [5, 5.41) is 4.60. The summed E-state index contributed by atoms with van der Waals surface area (Å²) in [6.07, 6.45) is 7.98. The summed E-state index contributed by atoms with van der Waals surface area (Å²) >= 11 is 0. The molecular formula is C15H28N4. The van der Waals surface area contributed by atoms with E-state index in [2.05, 4.69) is 35.6 Å². The van der Waals surface area contributed by atoms with Gasteiger partial charge in [0, 0.05) is 19.1 Å². The van der Waals surface area contributed by atoms with E-state index in [1.165, 1.54) is 38.5 Å².